The van der Waals surface area contributed by atoms with Crippen LogP contribution in [-0.4, -0.2) is 41.3 Å². The van der Waals surface area contributed by atoms with Gasteiger partial charge in [0.1, 0.15) is 28.3 Å². The molecule has 0 bridgehead atoms. The number of benzene rings is 2. The molecule has 9 nitrogen and oxygen atoms in total. The molecular formula is C24H26FN5O4S. The van der Waals surface area contributed by atoms with Crippen molar-refractivity contribution in [3.8, 4) is 5.75 Å². The number of ether oxygens (including phenoxy) is 1. The number of anilines is 3. The zero-order valence-electron chi connectivity index (χ0n) is 19.4. The van der Waals surface area contributed by atoms with Gasteiger partial charge in [-0.15, -0.1) is 0 Å². The van der Waals surface area contributed by atoms with Gasteiger partial charge in [-0.05, 0) is 69.3 Å². The Morgan fingerprint density at radius 1 is 1.09 bits per heavy atom. The average Bonchev–Trinajstić information content (AvgIpc) is 3.19. The summed E-state index contributed by atoms with van der Waals surface area (Å²) < 4.78 is 18.9. The predicted octanol–water partition coefficient (Wildman–Crippen LogP) is 3.01. The molecule has 3 rings (SSSR count). The Labute approximate surface area is 205 Å². The van der Waals surface area contributed by atoms with E-state index < -0.39 is 17.8 Å². The van der Waals surface area contributed by atoms with Gasteiger partial charge < -0.3 is 26.4 Å². The molecule has 1 atom stereocenters. The van der Waals surface area contributed by atoms with E-state index in [9.17, 15) is 18.8 Å². The maximum absolute atomic E-state index is 13.4. The van der Waals surface area contributed by atoms with Crippen LogP contribution in [0.3, 0.4) is 0 Å². The molecule has 2 amide bonds. The van der Waals surface area contributed by atoms with Crippen LogP contribution in [0.5, 0.6) is 5.75 Å². The number of ketones is 1. The van der Waals surface area contributed by atoms with Crippen molar-refractivity contribution < 1.29 is 23.5 Å². The summed E-state index contributed by atoms with van der Waals surface area (Å²) in [5.74, 6) is -1.28. The first-order chi connectivity index (χ1) is 16.6. The van der Waals surface area contributed by atoms with Crippen LogP contribution in [-0.2, 0) is 9.59 Å². The minimum atomic E-state index is -0.835. The van der Waals surface area contributed by atoms with Gasteiger partial charge in [0.2, 0.25) is 11.7 Å². The summed E-state index contributed by atoms with van der Waals surface area (Å²) in [5.41, 5.74) is 12.4. The number of halogens is 1. The van der Waals surface area contributed by atoms with Crippen molar-refractivity contribution in [3.05, 3.63) is 64.8 Å². The van der Waals surface area contributed by atoms with Crippen LogP contribution in [0.2, 0.25) is 0 Å². The minimum Gasteiger partial charge on any atom is -0.484 e. The van der Waals surface area contributed by atoms with Crippen LogP contribution in [0.4, 0.5) is 21.0 Å². The highest BCUT2D eigenvalue weighted by atomic mass is 32.1. The molecule has 0 aliphatic carbocycles. The zero-order chi connectivity index (χ0) is 25.7. The lowest BCUT2D eigenvalue weighted by atomic mass is 10.1. The molecule has 0 saturated carbocycles. The Balaban J connectivity index is 1.82. The van der Waals surface area contributed by atoms with E-state index in [1.165, 1.54) is 29.2 Å². The number of thiazole rings is 1. The topological polar surface area (TPSA) is 141 Å². The Bertz CT molecular complexity index is 1210. The fourth-order valence-corrected chi connectivity index (χ4v) is 4.21. The van der Waals surface area contributed by atoms with Gasteiger partial charge in [0, 0.05) is 17.3 Å². The van der Waals surface area contributed by atoms with Gasteiger partial charge >= 0.3 is 0 Å². The molecule has 0 saturated heterocycles. The summed E-state index contributed by atoms with van der Waals surface area (Å²) in [4.78, 5) is 42.7. The lowest BCUT2D eigenvalue weighted by Gasteiger charge is -2.26. The normalized spacial score (nSPS) is 11.7. The second-order valence-electron chi connectivity index (χ2n) is 8.00. The van der Waals surface area contributed by atoms with E-state index in [0.717, 1.165) is 11.3 Å². The number of hydrogen-bond acceptors (Lipinski definition) is 8. The van der Waals surface area contributed by atoms with Gasteiger partial charge in [-0.25, -0.2) is 9.37 Å². The van der Waals surface area contributed by atoms with E-state index in [0.29, 0.717) is 17.0 Å². The van der Waals surface area contributed by atoms with E-state index in [1.807, 2.05) is 13.8 Å². The fourth-order valence-electron chi connectivity index (χ4n) is 3.16. The monoisotopic (exact) mass is 499 g/mol. The molecule has 3 aromatic rings. The van der Waals surface area contributed by atoms with Gasteiger partial charge in [-0.1, -0.05) is 11.3 Å². The molecule has 0 radical (unpaired) electrons. The van der Waals surface area contributed by atoms with Crippen molar-refractivity contribution >= 4 is 45.6 Å². The Morgan fingerprint density at radius 3 is 2.29 bits per heavy atom. The van der Waals surface area contributed by atoms with Crippen LogP contribution >= 0.6 is 11.3 Å². The molecule has 1 unspecified atom stereocenters. The number of primary amides is 1. The summed E-state index contributed by atoms with van der Waals surface area (Å²) in [6.07, 6.45) is 0. The number of carbonyl (C=O) groups is 3. The van der Waals surface area contributed by atoms with Crippen LogP contribution in [0.15, 0.2) is 48.5 Å². The number of rotatable bonds is 10. The van der Waals surface area contributed by atoms with Gasteiger partial charge in [-0.3, -0.25) is 14.4 Å². The van der Waals surface area contributed by atoms with Crippen LogP contribution in [0.25, 0.3) is 0 Å². The summed E-state index contributed by atoms with van der Waals surface area (Å²) >= 11 is 0.994. The van der Waals surface area contributed by atoms with Crippen molar-refractivity contribution in [2.24, 2.45) is 5.73 Å². The molecule has 11 heteroatoms. The number of carbonyl (C=O) groups excluding carboxylic acids is 3. The minimum absolute atomic E-state index is 0.00536. The van der Waals surface area contributed by atoms with E-state index in [1.54, 1.807) is 31.2 Å². The first-order valence-electron chi connectivity index (χ1n) is 10.7. The van der Waals surface area contributed by atoms with Crippen LogP contribution in [0.1, 0.15) is 36.0 Å². The molecule has 5 N–H and O–H groups in total. The van der Waals surface area contributed by atoms with Gasteiger partial charge in [0.15, 0.2) is 11.7 Å². The third-order valence-corrected chi connectivity index (χ3v) is 5.96. The number of nitrogens with two attached hydrogens (primary N) is 2. The first kappa shape index (κ1) is 25.6. The van der Waals surface area contributed by atoms with Crippen molar-refractivity contribution in [1.82, 2.24) is 10.3 Å². The lowest BCUT2D eigenvalue weighted by Crippen LogP contribution is -2.39. The van der Waals surface area contributed by atoms with E-state index >= 15 is 0 Å². The standard InChI is InChI=1S/C24H26FN5O4S/c1-13(2)28-19(31)12-34-18-10-4-15(5-11-18)20(32)21-22(26)29-24(35-21)30(14(3)23(27)33)17-8-6-16(25)7-9-17/h4-11,13-14H,12,26H2,1-3H3,(H2,27,33)(H,28,31). The summed E-state index contributed by atoms with van der Waals surface area (Å²) in [7, 11) is 0. The highest BCUT2D eigenvalue weighted by Gasteiger charge is 2.27. The molecule has 0 spiro atoms. The molecule has 0 fully saturated rings. The highest BCUT2D eigenvalue weighted by molar-refractivity contribution is 7.18. The van der Waals surface area contributed by atoms with Crippen LogP contribution in [0, 0.1) is 5.82 Å². The molecule has 0 aliphatic heterocycles. The molecule has 2 aromatic carbocycles. The molecule has 1 aromatic heterocycles. The second-order valence-corrected chi connectivity index (χ2v) is 8.98. The molecular weight excluding hydrogens is 473 g/mol. The maximum atomic E-state index is 13.4. The van der Waals surface area contributed by atoms with E-state index in [4.69, 9.17) is 16.2 Å². The SMILES string of the molecule is CC(C)NC(=O)COc1ccc(C(=O)c2sc(N(c3ccc(F)cc3)C(C)C(N)=O)nc2N)cc1. The van der Waals surface area contributed by atoms with Crippen molar-refractivity contribution in [1.29, 1.82) is 0 Å². The first-order valence-corrected chi connectivity index (χ1v) is 11.6. The lowest BCUT2D eigenvalue weighted by molar-refractivity contribution is -0.123. The third-order valence-electron chi connectivity index (χ3n) is 4.89. The molecule has 1 heterocycles. The largest absolute Gasteiger partial charge is 0.484 e. The van der Waals surface area contributed by atoms with Crippen LogP contribution < -0.4 is 26.4 Å². The Hall–Kier alpha value is -3.99. The zero-order valence-corrected chi connectivity index (χ0v) is 20.3. The fraction of sp³-hybridized carbons (Fsp3) is 0.250. The number of amides is 2. The van der Waals surface area contributed by atoms with Crippen molar-refractivity contribution in [3.63, 3.8) is 0 Å². The number of aromatic nitrogens is 1. The predicted molar refractivity (Wildman–Crippen MR) is 132 cm³/mol. The van der Waals surface area contributed by atoms with Gasteiger partial charge in [0.25, 0.3) is 5.91 Å². The summed E-state index contributed by atoms with van der Waals surface area (Å²) in [5, 5.41) is 2.99. The second kappa shape index (κ2) is 11.0. The van der Waals surface area contributed by atoms with Gasteiger partial charge in [0.05, 0.1) is 0 Å². The summed E-state index contributed by atoms with van der Waals surface area (Å²) in [6, 6.07) is 10.9. The number of nitrogens with one attached hydrogen (secondary N) is 1. The van der Waals surface area contributed by atoms with E-state index in [-0.39, 0.29) is 40.2 Å². The number of nitrogen functional groups attached to an aromatic ring is 1. The number of nitrogens with zero attached hydrogens (tertiary/aromatic N) is 2. The smallest absolute Gasteiger partial charge is 0.258 e. The maximum Gasteiger partial charge on any atom is 0.258 e. The molecule has 35 heavy (non-hydrogen) atoms. The van der Waals surface area contributed by atoms with Crippen molar-refractivity contribution in [2.75, 3.05) is 17.2 Å². The third kappa shape index (κ3) is 6.33. The summed E-state index contributed by atoms with van der Waals surface area (Å²) in [6.45, 7) is 5.13. The quantitative estimate of drug-likeness (QED) is 0.364. The molecule has 0 aliphatic rings. The highest BCUT2D eigenvalue weighted by Crippen LogP contribution is 2.36. The Morgan fingerprint density at radius 2 is 1.71 bits per heavy atom. The number of hydrogen-bond donors (Lipinski definition) is 3. The Kier molecular flexibility index (Phi) is 8.02. The van der Waals surface area contributed by atoms with Gasteiger partial charge in [-0.2, -0.15) is 0 Å². The van der Waals surface area contributed by atoms with Crippen molar-refractivity contribution in [2.45, 2.75) is 32.9 Å². The molecule has 184 valence electrons. The van der Waals surface area contributed by atoms with E-state index in [2.05, 4.69) is 10.3 Å². The average molecular weight is 500 g/mol.